The Kier molecular flexibility index (Phi) is 8.03. The summed E-state index contributed by atoms with van der Waals surface area (Å²) in [5, 5.41) is 30.2. The molecule has 0 bridgehead atoms. The van der Waals surface area contributed by atoms with Crippen LogP contribution in [-0.2, 0) is 27.4 Å². The van der Waals surface area contributed by atoms with E-state index in [0.717, 1.165) is 22.6 Å². The number of hydrogen-bond acceptors (Lipinski definition) is 8. The van der Waals surface area contributed by atoms with Gasteiger partial charge in [0.1, 0.15) is 35.9 Å². The maximum absolute atomic E-state index is 10.4. The molecule has 0 aromatic heterocycles. The molecule has 1 aliphatic heterocycles. The molecule has 30 heavy (non-hydrogen) atoms. The van der Waals surface area contributed by atoms with E-state index < -0.39 is 30.7 Å². The van der Waals surface area contributed by atoms with E-state index in [2.05, 4.69) is 0 Å². The van der Waals surface area contributed by atoms with Crippen molar-refractivity contribution in [2.24, 2.45) is 0 Å². The molecule has 1 saturated heterocycles. The summed E-state index contributed by atoms with van der Waals surface area (Å²) in [5.74, 6) is 1.45. The van der Waals surface area contributed by atoms with Gasteiger partial charge in [-0.1, -0.05) is 24.3 Å². The van der Waals surface area contributed by atoms with Gasteiger partial charge in [-0.25, -0.2) is 0 Å². The van der Waals surface area contributed by atoms with Crippen LogP contribution in [0, 0.1) is 0 Å². The van der Waals surface area contributed by atoms with Crippen molar-refractivity contribution in [2.75, 3.05) is 20.8 Å². The highest BCUT2D eigenvalue weighted by molar-refractivity contribution is 5.27. The van der Waals surface area contributed by atoms with Crippen molar-refractivity contribution in [2.45, 2.75) is 43.9 Å². The summed E-state index contributed by atoms with van der Waals surface area (Å²) in [5.41, 5.74) is 1.74. The fourth-order valence-corrected chi connectivity index (χ4v) is 3.28. The Hall–Kier alpha value is -2.20. The topological polar surface area (TPSA) is 107 Å². The lowest BCUT2D eigenvalue weighted by Gasteiger charge is -2.42. The average Bonchev–Trinajstić information content (AvgIpc) is 2.79. The monoisotopic (exact) mass is 420 g/mol. The van der Waals surface area contributed by atoms with E-state index in [1.54, 1.807) is 14.2 Å². The average molecular weight is 420 g/mol. The second-order valence-electron chi connectivity index (χ2n) is 6.99. The first-order chi connectivity index (χ1) is 14.5. The highest BCUT2D eigenvalue weighted by Crippen LogP contribution is 2.27. The predicted molar refractivity (Wildman–Crippen MR) is 107 cm³/mol. The van der Waals surface area contributed by atoms with Crippen molar-refractivity contribution in [1.29, 1.82) is 0 Å². The minimum absolute atomic E-state index is 0.180. The summed E-state index contributed by atoms with van der Waals surface area (Å²) in [6.45, 7) is -0.00181. The summed E-state index contributed by atoms with van der Waals surface area (Å²) in [6, 6.07) is 14.6. The van der Waals surface area contributed by atoms with Gasteiger partial charge in [-0.2, -0.15) is 0 Å². The van der Waals surface area contributed by atoms with Crippen molar-refractivity contribution in [3.8, 4) is 11.5 Å². The number of methoxy groups -OCH3 is 2. The summed E-state index contributed by atoms with van der Waals surface area (Å²) in [4.78, 5) is 0. The predicted octanol–water partition coefficient (Wildman–Crippen LogP) is 1.24. The van der Waals surface area contributed by atoms with Gasteiger partial charge in [-0.15, -0.1) is 0 Å². The lowest BCUT2D eigenvalue weighted by Crippen LogP contribution is -2.60. The zero-order valence-corrected chi connectivity index (χ0v) is 17.0. The van der Waals surface area contributed by atoms with Gasteiger partial charge >= 0.3 is 0 Å². The normalized spacial score (nSPS) is 26.4. The Balaban J connectivity index is 1.69. The molecule has 3 N–H and O–H groups in total. The largest absolute Gasteiger partial charge is 0.497 e. The van der Waals surface area contributed by atoms with Crippen LogP contribution in [0.4, 0.5) is 0 Å². The van der Waals surface area contributed by atoms with Crippen LogP contribution in [-0.4, -0.2) is 66.9 Å². The van der Waals surface area contributed by atoms with Crippen molar-refractivity contribution in [3.63, 3.8) is 0 Å². The van der Waals surface area contributed by atoms with Gasteiger partial charge in [0.05, 0.1) is 34.0 Å². The third-order valence-corrected chi connectivity index (χ3v) is 5.02. The zero-order chi connectivity index (χ0) is 21.5. The maximum Gasteiger partial charge on any atom is 0.184 e. The zero-order valence-electron chi connectivity index (χ0n) is 17.0. The van der Waals surface area contributed by atoms with Gasteiger partial charge in [0.15, 0.2) is 6.29 Å². The highest BCUT2D eigenvalue weighted by atomic mass is 16.7. The molecule has 8 nitrogen and oxygen atoms in total. The molecule has 0 radical (unpaired) electrons. The molecule has 5 atom stereocenters. The third kappa shape index (κ3) is 5.48. The Bertz CT molecular complexity index is 712. The smallest absolute Gasteiger partial charge is 0.184 e. The van der Waals surface area contributed by atoms with E-state index >= 15 is 0 Å². The Morgan fingerprint density at radius 2 is 1.23 bits per heavy atom. The molecule has 1 fully saturated rings. The second kappa shape index (κ2) is 10.7. The van der Waals surface area contributed by atoms with E-state index in [9.17, 15) is 15.3 Å². The van der Waals surface area contributed by atoms with Crippen LogP contribution >= 0.6 is 0 Å². The fraction of sp³-hybridized carbons (Fsp3) is 0.455. The van der Waals surface area contributed by atoms with Crippen molar-refractivity contribution in [3.05, 3.63) is 59.7 Å². The third-order valence-electron chi connectivity index (χ3n) is 5.02. The van der Waals surface area contributed by atoms with Gasteiger partial charge in [0, 0.05) is 0 Å². The summed E-state index contributed by atoms with van der Waals surface area (Å²) >= 11 is 0. The van der Waals surface area contributed by atoms with Gasteiger partial charge < -0.3 is 39.0 Å². The summed E-state index contributed by atoms with van der Waals surface area (Å²) < 4.78 is 27.5. The molecular formula is C22H28O8. The lowest BCUT2D eigenvalue weighted by atomic mass is 9.98. The number of hydrogen-bond donors (Lipinski definition) is 3. The van der Waals surface area contributed by atoms with Crippen molar-refractivity contribution >= 4 is 0 Å². The van der Waals surface area contributed by atoms with Crippen LogP contribution < -0.4 is 9.47 Å². The number of aliphatic hydroxyl groups excluding tert-OH is 3. The molecule has 1 aliphatic rings. The summed E-state index contributed by atoms with van der Waals surface area (Å²) in [7, 11) is 3.18. The van der Waals surface area contributed by atoms with E-state index in [1.165, 1.54) is 0 Å². The first kappa shape index (κ1) is 22.5. The Morgan fingerprint density at radius 3 is 1.67 bits per heavy atom. The molecule has 2 aromatic carbocycles. The molecular weight excluding hydrogens is 392 g/mol. The first-order valence-electron chi connectivity index (χ1n) is 9.67. The molecule has 0 spiro atoms. The minimum Gasteiger partial charge on any atom is -0.497 e. The molecule has 0 unspecified atom stereocenters. The molecule has 1 heterocycles. The fourth-order valence-electron chi connectivity index (χ4n) is 3.28. The van der Waals surface area contributed by atoms with Crippen LogP contribution in [0.15, 0.2) is 48.5 Å². The van der Waals surface area contributed by atoms with E-state index in [0.29, 0.717) is 0 Å². The van der Waals surface area contributed by atoms with Crippen molar-refractivity contribution in [1.82, 2.24) is 0 Å². The molecule has 0 amide bonds. The minimum atomic E-state index is -1.48. The van der Waals surface area contributed by atoms with E-state index in [4.69, 9.17) is 23.7 Å². The van der Waals surface area contributed by atoms with Crippen LogP contribution in [0.3, 0.4) is 0 Å². The standard InChI is InChI=1S/C22H28O8/c1-26-16-7-3-14(4-8-16)12-28-20-18(11-23)30-22(25)19(24)21(20)29-13-15-5-9-17(27-2)10-6-15/h3-10,18-25H,11-13H2,1-2H3/t18-,19-,20-,21-,22+/m1/s1. The lowest BCUT2D eigenvalue weighted by molar-refractivity contribution is -0.305. The van der Waals surface area contributed by atoms with Gasteiger partial charge in [0.25, 0.3) is 0 Å². The number of aliphatic hydroxyl groups is 3. The molecule has 2 aromatic rings. The SMILES string of the molecule is COc1ccc(CO[C@@H]2[C@@H](O)[C@@H](O)O[C@H](CO)[C@H]2OCc2ccc(OC)cc2)cc1. The first-order valence-corrected chi connectivity index (χ1v) is 9.67. The van der Waals surface area contributed by atoms with Crippen LogP contribution in [0.25, 0.3) is 0 Å². The Labute approximate surface area is 175 Å². The molecule has 164 valence electrons. The number of benzene rings is 2. The van der Waals surface area contributed by atoms with Crippen LogP contribution in [0.5, 0.6) is 11.5 Å². The van der Waals surface area contributed by atoms with Gasteiger partial charge in [-0.05, 0) is 35.4 Å². The number of ether oxygens (including phenoxy) is 5. The van der Waals surface area contributed by atoms with E-state index in [1.807, 2.05) is 48.5 Å². The molecule has 3 rings (SSSR count). The highest BCUT2D eigenvalue weighted by Gasteiger charge is 2.46. The number of rotatable bonds is 9. The van der Waals surface area contributed by atoms with Gasteiger partial charge in [-0.3, -0.25) is 0 Å². The molecule has 8 heteroatoms. The van der Waals surface area contributed by atoms with Crippen LogP contribution in [0.1, 0.15) is 11.1 Å². The quantitative estimate of drug-likeness (QED) is 0.556. The van der Waals surface area contributed by atoms with Gasteiger partial charge in [0.2, 0.25) is 0 Å². The maximum atomic E-state index is 10.4. The van der Waals surface area contributed by atoms with E-state index in [-0.39, 0.29) is 19.8 Å². The van der Waals surface area contributed by atoms with Crippen molar-refractivity contribution < 1.29 is 39.0 Å². The van der Waals surface area contributed by atoms with Crippen LogP contribution in [0.2, 0.25) is 0 Å². The summed E-state index contributed by atoms with van der Waals surface area (Å²) in [6.07, 6.45) is -5.33. The second-order valence-corrected chi connectivity index (χ2v) is 6.99. The Morgan fingerprint density at radius 1 is 0.767 bits per heavy atom. The molecule has 0 aliphatic carbocycles. The molecule has 0 saturated carbocycles.